The monoisotopic (exact) mass is 474 g/mol. The fraction of sp³-hybridized carbons (Fsp3) is 0.292. The van der Waals surface area contributed by atoms with Gasteiger partial charge in [0.15, 0.2) is 5.78 Å². The molecule has 2 aromatic carbocycles. The van der Waals surface area contributed by atoms with Crippen molar-refractivity contribution in [2.75, 3.05) is 13.1 Å². The first-order valence-corrected chi connectivity index (χ1v) is 10.7. The quantitative estimate of drug-likeness (QED) is 0.444. The van der Waals surface area contributed by atoms with Crippen molar-refractivity contribution in [2.45, 2.75) is 32.3 Å². The first kappa shape index (κ1) is 22.9. The summed E-state index contributed by atoms with van der Waals surface area (Å²) in [6, 6.07) is 12.0. The lowest BCUT2D eigenvalue weighted by atomic mass is 10.0. The largest absolute Gasteiger partial charge is 0.488 e. The summed E-state index contributed by atoms with van der Waals surface area (Å²) >= 11 is 6.35. The molecule has 2 heterocycles. The number of hydrogen-bond donors (Lipinski definition) is 0. The van der Waals surface area contributed by atoms with Gasteiger partial charge in [-0.25, -0.2) is 8.78 Å². The maximum Gasteiger partial charge on any atom is 0.267 e. The maximum absolute atomic E-state index is 13.6. The highest BCUT2D eigenvalue weighted by molar-refractivity contribution is 6.34. The van der Waals surface area contributed by atoms with Crippen LogP contribution in [-0.2, 0) is 13.0 Å². The lowest BCUT2D eigenvalue weighted by Gasteiger charge is -2.19. The molecule has 0 radical (unpaired) electrons. The molecule has 9 heteroatoms. The van der Waals surface area contributed by atoms with Crippen molar-refractivity contribution in [3.8, 4) is 5.75 Å². The molecule has 0 saturated carbocycles. The second-order valence-electron chi connectivity index (χ2n) is 7.96. The fourth-order valence-corrected chi connectivity index (χ4v) is 3.86. The van der Waals surface area contributed by atoms with Crippen molar-refractivity contribution in [2.24, 2.45) is 0 Å². The Labute approximate surface area is 194 Å². The van der Waals surface area contributed by atoms with E-state index < -0.39 is 24.8 Å². The molecular formula is C24H21ClF2N2O4. The van der Waals surface area contributed by atoms with Gasteiger partial charge in [-0.05, 0) is 24.6 Å². The Bertz CT molecular complexity index is 1180. The average molecular weight is 475 g/mol. The molecule has 1 aromatic heterocycles. The van der Waals surface area contributed by atoms with E-state index in [0.717, 1.165) is 10.5 Å². The van der Waals surface area contributed by atoms with E-state index in [4.69, 9.17) is 20.9 Å². The Morgan fingerprint density at radius 2 is 1.97 bits per heavy atom. The lowest BCUT2D eigenvalue weighted by Crippen LogP contribution is -2.31. The molecule has 0 unspecified atom stereocenters. The van der Waals surface area contributed by atoms with Crippen molar-refractivity contribution >= 4 is 23.3 Å². The van der Waals surface area contributed by atoms with Crippen LogP contribution in [0, 0.1) is 6.92 Å². The molecule has 172 valence electrons. The molecular weight excluding hydrogens is 454 g/mol. The van der Waals surface area contributed by atoms with Gasteiger partial charge in [-0.15, -0.1) is 0 Å². The number of amides is 1. The van der Waals surface area contributed by atoms with Gasteiger partial charge in [-0.1, -0.05) is 47.1 Å². The molecule has 0 bridgehead atoms. The summed E-state index contributed by atoms with van der Waals surface area (Å²) in [5, 5.41) is 3.77. The summed E-state index contributed by atoms with van der Waals surface area (Å²) in [5.74, 6) is -3.72. The zero-order chi connectivity index (χ0) is 23.6. The fourth-order valence-electron chi connectivity index (χ4n) is 3.62. The minimum Gasteiger partial charge on any atom is -0.488 e. The molecule has 0 aliphatic carbocycles. The van der Waals surface area contributed by atoms with Crippen molar-refractivity contribution in [1.82, 2.24) is 10.1 Å². The number of ketones is 1. The topological polar surface area (TPSA) is 72.6 Å². The minimum atomic E-state index is -2.93. The van der Waals surface area contributed by atoms with Crippen LogP contribution in [0.4, 0.5) is 8.78 Å². The minimum absolute atomic E-state index is 0.000992. The van der Waals surface area contributed by atoms with Gasteiger partial charge in [-0.3, -0.25) is 9.59 Å². The number of likely N-dealkylation sites (tertiary alicyclic amines) is 1. The first-order valence-electron chi connectivity index (χ1n) is 10.3. The number of hydrogen-bond acceptors (Lipinski definition) is 5. The van der Waals surface area contributed by atoms with Crippen LogP contribution in [-0.4, -0.2) is 40.8 Å². The van der Waals surface area contributed by atoms with Crippen molar-refractivity contribution < 1.29 is 27.6 Å². The number of Topliss-reactive ketones (excluding diaryl/α,β-unsaturated/α-hetero) is 1. The summed E-state index contributed by atoms with van der Waals surface area (Å²) in [5.41, 5.74) is 2.25. The van der Waals surface area contributed by atoms with E-state index >= 15 is 0 Å². The van der Waals surface area contributed by atoms with Crippen LogP contribution in [0.5, 0.6) is 5.75 Å². The predicted molar refractivity (Wildman–Crippen MR) is 117 cm³/mol. The SMILES string of the molecule is Cc1nocc1CC(=O)c1cc(Cl)c(C(=O)N2CCC(F)(F)C2)cc1OCc1ccccc1. The Morgan fingerprint density at radius 1 is 1.21 bits per heavy atom. The molecule has 4 rings (SSSR count). The van der Waals surface area contributed by atoms with Crippen LogP contribution < -0.4 is 4.74 Å². The van der Waals surface area contributed by atoms with Crippen LogP contribution in [0.25, 0.3) is 0 Å². The number of ether oxygens (including phenoxy) is 1. The van der Waals surface area contributed by atoms with E-state index in [1.807, 2.05) is 30.3 Å². The number of carbonyl (C=O) groups is 2. The number of alkyl halides is 2. The smallest absolute Gasteiger partial charge is 0.267 e. The molecule has 1 aliphatic rings. The van der Waals surface area contributed by atoms with Gasteiger partial charge in [0.05, 0.1) is 28.4 Å². The Kier molecular flexibility index (Phi) is 6.47. The van der Waals surface area contributed by atoms with E-state index in [-0.39, 0.29) is 47.3 Å². The second-order valence-corrected chi connectivity index (χ2v) is 8.37. The van der Waals surface area contributed by atoms with E-state index in [2.05, 4.69) is 5.16 Å². The number of carbonyl (C=O) groups excluding carboxylic acids is 2. The predicted octanol–water partition coefficient (Wildman–Crippen LogP) is 5.12. The summed E-state index contributed by atoms with van der Waals surface area (Å²) in [6.45, 7) is 1.12. The molecule has 3 aromatic rings. The average Bonchev–Trinajstić information content (AvgIpc) is 3.37. The number of aryl methyl sites for hydroxylation is 1. The van der Waals surface area contributed by atoms with Crippen LogP contribution >= 0.6 is 11.6 Å². The zero-order valence-electron chi connectivity index (χ0n) is 17.8. The van der Waals surface area contributed by atoms with Crippen molar-refractivity contribution in [3.05, 3.63) is 81.7 Å². The first-order chi connectivity index (χ1) is 15.7. The Morgan fingerprint density at radius 3 is 2.61 bits per heavy atom. The number of halogens is 3. The Hall–Kier alpha value is -3.26. The highest BCUT2D eigenvalue weighted by atomic mass is 35.5. The molecule has 0 atom stereocenters. The lowest BCUT2D eigenvalue weighted by molar-refractivity contribution is 0.0120. The van der Waals surface area contributed by atoms with Crippen molar-refractivity contribution in [3.63, 3.8) is 0 Å². The van der Waals surface area contributed by atoms with Gasteiger partial charge in [0.1, 0.15) is 18.6 Å². The molecule has 1 aliphatic heterocycles. The van der Waals surface area contributed by atoms with Gasteiger partial charge in [0.2, 0.25) is 0 Å². The normalized spacial score (nSPS) is 15.0. The van der Waals surface area contributed by atoms with E-state index in [1.165, 1.54) is 18.4 Å². The van der Waals surface area contributed by atoms with Crippen LogP contribution in [0.3, 0.4) is 0 Å². The standard InChI is InChI=1S/C24H21ClF2N2O4/c1-15-17(13-33-28-15)9-21(30)19-10-20(25)18(23(31)29-8-7-24(26,27)14-29)11-22(19)32-12-16-5-3-2-4-6-16/h2-6,10-11,13H,7-9,12,14H2,1H3. The Balaban J connectivity index is 1.65. The van der Waals surface area contributed by atoms with Gasteiger partial charge >= 0.3 is 0 Å². The number of benzene rings is 2. The van der Waals surface area contributed by atoms with Gasteiger partial charge < -0.3 is 14.2 Å². The van der Waals surface area contributed by atoms with Gasteiger partial charge in [0, 0.05) is 24.9 Å². The number of aromatic nitrogens is 1. The van der Waals surface area contributed by atoms with E-state index in [0.29, 0.717) is 11.3 Å². The van der Waals surface area contributed by atoms with Crippen LogP contribution in [0.15, 0.2) is 53.3 Å². The zero-order valence-corrected chi connectivity index (χ0v) is 18.6. The highest BCUT2D eigenvalue weighted by Crippen LogP contribution is 2.33. The number of rotatable bonds is 7. The van der Waals surface area contributed by atoms with E-state index in [9.17, 15) is 18.4 Å². The third-order valence-electron chi connectivity index (χ3n) is 5.49. The maximum atomic E-state index is 13.6. The molecule has 0 spiro atoms. The molecule has 6 nitrogen and oxygen atoms in total. The molecule has 1 saturated heterocycles. The summed E-state index contributed by atoms with van der Waals surface area (Å²) in [7, 11) is 0. The van der Waals surface area contributed by atoms with Gasteiger partial charge in [-0.2, -0.15) is 0 Å². The summed E-state index contributed by atoms with van der Waals surface area (Å²) < 4.78 is 38.1. The molecule has 33 heavy (non-hydrogen) atoms. The third-order valence-corrected chi connectivity index (χ3v) is 5.81. The number of nitrogens with zero attached hydrogens (tertiary/aromatic N) is 2. The van der Waals surface area contributed by atoms with Crippen LogP contribution in [0.2, 0.25) is 5.02 Å². The molecule has 0 N–H and O–H groups in total. The third kappa shape index (κ3) is 5.22. The van der Waals surface area contributed by atoms with Crippen molar-refractivity contribution in [1.29, 1.82) is 0 Å². The summed E-state index contributed by atoms with van der Waals surface area (Å²) in [6.07, 6.45) is 0.992. The molecule has 1 amide bonds. The van der Waals surface area contributed by atoms with Crippen LogP contribution in [0.1, 0.15) is 44.0 Å². The summed E-state index contributed by atoms with van der Waals surface area (Å²) in [4.78, 5) is 27.0. The highest BCUT2D eigenvalue weighted by Gasteiger charge is 2.41. The second kappa shape index (κ2) is 9.31. The van der Waals surface area contributed by atoms with E-state index in [1.54, 1.807) is 6.92 Å². The molecule has 1 fully saturated rings. The van der Waals surface area contributed by atoms with Gasteiger partial charge in [0.25, 0.3) is 11.8 Å².